The molecule has 0 bridgehead atoms. The molecule has 1 aliphatic heterocycles. The molecule has 2 aromatic carbocycles. The van der Waals surface area contributed by atoms with Crippen molar-refractivity contribution in [2.45, 2.75) is 13.8 Å². The lowest BCUT2D eigenvalue weighted by molar-refractivity contribution is -0.114. The third kappa shape index (κ3) is 5.09. The van der Waals surface area contributed by atoms with Crippen LogP contribution >= 0.6 is 11.8 Å². The molecule has 0 aliphatic carbocycles. The highest BCUT2D eigenvalue weighted by atomic mass is 32.2. The number of fused-ring (bicyclic) bond motifs is 1. The summed E-state index contributed by atoms with van der Waals surface area (Å²) in [6.07, 6.45) is 0. The van der Waals surface area contributed by atoms with Gasteiger partial charge in [0.25, 0.3) is 5.56 Å². The molecular formula is C24H24N4O6S. The molecule has 1 aromatic heterocycles. The molecule has 0 atom stereocenters. The zero-order valence-electron chi connectivity index (χ0n) is 19.4. The maximum atomic E-state index is 12.9. The first kappa shape index (κ1) is 24.1. The molecule has 182 valence electrons. The highest BCUT2D eigenvalue weighted by Crippen LogP contribution is 2.37. The average Bonchev–Trinajstić information content (AvgIpc) is 3.36. The standard InChI is InChI=1S/C24H24N4O6S/c1-14-23(24(32)28(27(14)3)16-7-5-4-6-8-16)26-22(31)12-35-11-21(30)25-18-10-20-19(33-13-34-20)9-17(18)15(2)29/h4-10H,11-13H2,1-3H3,(H,25,30)(H,26,31). The second kappa shape index (κ2) is 10.1. The number of carbonyl (C=O) groups is 3. The number of anilines is 2. The van der Waals surface area contributed by atoms with Crippen molar-refractivity contribution >= 4 is 40.7 Å². The largest absolute Gasteiger partial charge is 0.454 e. The molecule has 2 heterocycles. The van der Waals surface area contributed by atoms with Crippen molar-refractivity contribution < 1.29 is 23.9 Å². The molecule has 4 rings (SSSR count). The molecule has 35 heavy (non-hydrogen) atoms. The number of ketones is 1. The molecule has 0 radical (unpaired) electrons. The fourth-order valence-electron chi connectivity index (χ4n) is 3.65. The molecule has 0 saturated heterocycles. The van der Waals surface area contributed by atoms with Gasteiger partial charge in [-0.25, -0.2) is 4.68 Å². The molecule has 0 unspecified atom stereocenters. The van der Waals surface area contributed by atoms with Crippen molar-refractivity contribution in [3.63, 3.8) is 0 Å². The van der Waals surface area contributed by atoms with Crippen molar-refractivity contribution in [1.29, 1.82) is 0 Å². The van der Waals surface area contributed by atoms with E-state index < -0.39 is 5.91 Å². The first-order chi connectivity index (χ1) is 16.8. The zero-order valence-corrected chi connectivity index (χ0v) is 20.2. The lowest BCUT2D eigenvalue weighted by Gasteiger charge is -2.10. The number of nitrogens with zero attached hydrogens (tertiary/aromatic N) is 2. The minimum Gasteiger partial charge on any atom is -0.454 e. The summed E-state index contributed by atoms with van der Waals surface area (Å²) in [4.78, 5) is 49.8. The molecule has 2 amide bonds. The molecule has 3 aromatic rings. The minimum atomic E-state index is -0.402. The van der Waals surface area contributed by atoms with E-state index in [1.807, 2.05) is 18.2 Å². The van der Waals surface area contributed by atoms with Gasteiger partial charge in [0.1, 0.15) is 5.69 Å². The first-order valence-corrected chi connectivity index (χ1v) is 11.9. The summed E-state index contributed by atoms with van der Waals surface area (Å²) in [6.45, 7) is 3.19. The van der Waals surface area contributed by atoms with Crippen LogP contribution in [0.4, 0.5) is 11.4 Å². The van der Waals surface area contributed by atoms with E-state index >= 15 is 0 Å². The second-order valence-electron chi connectivity index (χ2n) is 7.83. The number of hydrogen-bond donors (Lipinski definition) is 2. The van der Waals surface area contributed by atoms with Crippen LogP contribution in [0.25, 0.3) is 5.69 Å². The van der Waals surface area contributed by atoms with Crippen molar-refractivity contribution in [3.8, 4) is 17.2 Å². The number of Topliss-reactive ketones (excluding diaryl/α,β-unsaturated/α-hetero) is 1. The van der Waals surface area contributed by atoms with Gasteiger partial charge in [0.15, 0.2) is 17.3 Å². The van der Waals surface area contributed by atoms with E-state index in [-0.39, 0.29) is 41.2 Å². The number of amides is 2. The summed E-state index contributed by atoms with van der Waals surface area (Å²) in [5.74, 6) is -0.189. The van der Waals surface area contributed by atoms with Crippen LogP contribution in [0.3, 0.4) is 0 Å². The Morgan fingerprint density at radius 3 is 2.29 bits per heavy atom. The highest BCUT2D eigenvalue weighted by Gasteiger charge is 2.21. The van der Waals surface area contributed by atoms with E-state index in [0.717, 1.165) is 11.8 Å². The van der Waals surface area contributed by atoms with Crippen LogP contribution in [0.1, 0.15) is 23.0 Å². The number of nitrogens with one attached hydrogen (secondary N) is 2. The Balaban J connectivity index is 1.36. The Morgan fingerprint density at radius 1 is 1.00 bits per heavy atom. The summed E-state index contributed by atoms with van der Waals surface area (Å²) in [7, 11) is 1.74. The third-order valence-corrected chi connectivity index (χ3v) is 6.38. The highest BCUT2D eigenvalue weighted by molar-refractivity contribution is 8.00. The Hall–Kier alpha value is -3.99. The Labute approximate surface area is 205 Å². The number of thioether (sulfide) groups is 1. The normalized spacial score (nSPS) is 11.9. The van der Waals surface area contributed by atoms with E-state index in [2.05, 4.69) is 10.6 Å². The van der Waals surface area contributed by atoms with E-state index in [9.17, 15) is 19.2 Å². The number of ether oxygens (including phenoxy) is 2. The predicted molar refractivity (Wildman–Crippen MR) is 133 cm³/mol. The SMILES string of the molecule is CC(=O)c1cc2c(cc1NC(=O)CSCC(=O)Nc1c(C)n(C)n(-c3ccccc3)c1=O)OCO2. The first-order valence-electron chi connectivity index (χ1n) is 10.7. The van der Waals surface area contributed by atoms with Crippen LogP contribution < -0.4 is 25.7 Å². The second-order valence-corrected chi connectivity index (χ2v) is 8.82. The molecule has 0 spiro atoms. The summed E-state index contributed by atoms with van der Waals surface area (Å²) in [5, 5.41) is 5.35. The number of benzene rings is 2. The average molecular weight is 497 g/mol. The van der Waals surface area contributed by atoms with Crippen molar-refractivity contribution in [1.82, 2.24) is 9.36 Å². The van der Waals surface area contributed by atoms with E-state index in [1.54, 1.807) is 36.9 Å². The molecular weight excluding hydrogens is 472 g/mol. The smallest absolute Gasteiger partial charge is 0.295 e. The van der Waals surface area contributed by atoms with E-state index in [4.69, 9.17) is 9.47 Å². The molecule has 2 N–H and O–H groups in total. The van der Waals surface area contributed by atoms with Gasteiger partial charge in [0.05, 0.1) is 28.6 Å². The Kier molecular flexibility index (Phi) is 6.97. The maximum Gasteiger partial charge on any atom is 0.295 e. The number of rotatable bonds is 8. The summed E-state index contributed by atoms with van der Waals surface area (Å²) in [6, 6.07) is 12.2. The van der Waals surface area contributed by atoms with E-state index in [1.165, 1.54) is 17.7 Å². The molecule has 11 heteroatoms. The van der Waals surface area contributed by atoms with Crippen LogP contribution in [-0.2, 0) is 16.6 Å². The number of hydrogen-bond acceptors (Lipinski definition) is 7. The van der Waals surface area contributed by atoms with Gasteiger partial charge in [-0.3, -0.25) is 23.9 Å². The summed E-state index contributed by atoms with van der Waals surface area (Å²) >= 11 is 1.09. The molecule has 0 fully saturated rings. The van der Waals surface area contributed by atoms with Crippen LogP contribution in [0, 0.1) is 6.92 Å². The Bertz CT molecular complexity index is 1360. The fraction of sp³-hybridized carbons (Fsp3) is 0.250. The van der Waals surface area contributed by atoms with Crippen molar-refractivity contribution in [2.75, 3.05) is 28.9 Å². The molecule has 1 aliphatic rings. The number of para-hydroxylation sites is 1. The van der Waals surface area contributed by atoms with Crippen LogP contribution in [0.5, 0.6) is 11.5 Å². The quantitative estimate of drug-likeness (QED) is 0.460. The van der Waals surface area contributed by atoms with Crippen LogP contribution in [0.2, 0.25) is 0 Å². The van der Waals surface area contributed by atoms with Crippen LogP contribution in [0.15, 0.2) is 47.3 Å². The van der Waals surface area contributed by atoms with Gasteiger partial charge in [0.2, 0.25) is 18.6 Å². The van der Waals surface area contributed by atoms with Gasteiger partial charge >= 0.3 is 0 Å². The van der Waals surface area contributed by atoms with Gasteiger partial charge in [-0.1, -0.05) is 18.2 Å². The predicted octanol–water partition coefficient (Wildman–Crippen LogP) is 2.73. The minimum absolute atomic E-state index is 0.0266. The fourth-order valence-corrected chi connectivity index (χ4v) is 4.26. The topological polar surface area (TPSA) is 121 Å². The van der Waals surface area contributed by atoms with Gasteiger partial charge in [-0.15, -0.1) is 11.8 Å². The Morgan fingerprint density at radius 2 is 1.63 bits per heavy atom. The number of carbonyl (C=O) groups excluding carboxylic acids is 3. The summed E-state index contributed by atoms with van der Waals surface area (Å²) in [5.41, 5.74) is 1.76. The lowest BCUT2D eigenvalue weighted by atomic mass is 10.1. The van der Waals surface area contributed by atoms with Gasteiger partial charge in [-0.2, -0.15) is 0 Å². The lowest BCUT2D eigenvalue weighted by Crippen LogP contribution is -2.24. The molecule has 10 nitrogen and oxygen atoms in total. The maximum absolute atomic E-state index is 12.9. The third-order valence-electron chi connectivity index (χ3n) is 5.45. The zero-order chi connectivity index (χ0) is 25.1. The summed E-state index contributed by atoms with van der Waals surface area (Å²) < 4.78 is 13.7. The van der Waals surface area contributed by atoms with Gasteiger partial charge in [-0.05, 0) is 32.0 Å². The molecule has 0 saturated carbocycles. The number of aromatic nitrogens is 2. The van der Waals surface area contributed by atoms with Gasteiger partial charge in [0, 0.05) is 18.7 Å². The van der Waals surface area contributed by atoms with Crippen molar-refractivity contribution in [2.24, 2.45) is 7.05 Å². The van der Waals surface area contributed by atoms with Gasteiger partial charge < -0.3 is 20.1 Å². The van der Waals surface area contributed by atoms with Crippen LogP contribution in [-0.4, -0.2) is 45.3 Å². The van der Waals surface area contributed by atoms with E-state index in [0.29, 0.717) is 34.1 Å². The van der Waals surface area contributed by atoms with Crippen molar-refractivity contribution in [3.05, 3.63) is 64.1 Å². The monoisotopic (exact) mass is 496 g/mol.